The first-order valence-corrected chi connectivity index (χ1v) is 4.42. The fourth-order valence-corrected chi connectivity index (χ4v) is 1.44. The van der Waals surface area contributed by atoms with E-state index in [1.807, 2.05) is 6.92 Å². The Labute approximate surface area is 76.6 Å². The van der Waals surface area contributed by atoms with Crippen molar-refractivity contribution in [2.45, 2.75) is 25.1 Å². The number of pyridine rings is 1. The SMILES string of the molecule is CCCC(Cl)c1ccncc1F. The topological polar surface area (TPSA) is 12.9 Å². The van der Waals surface area contributed by atoms with Gasteiger partial charge in [-0.1, -0.05) is 13.3 Å². The van der Waals surface area contributed by atoms with E-state index in [-0.39, 0.29) is 11.2 Å². The lowest BCUT2D eigenvalue weighted by atomic mass is 10.1. The molecule has 1 aromatic rings. The van der Waals surface area contributed by atoms with E-state index in [1.165, 1.54) is 6.20 Å². The summed E-state index contributed by atoms with van der Waals surface area (Å²) in [4.78, 5) is 3.65. The van der Waals surface area contributed by atoms with E-state index in [1.54, 1.807) is 12.3 Å². The maximum Gasteiger partial charge on any atom is 0.146 e. The summed E-state index contributed by atoms with van der Waals surface area (Å²) in [5.74, 6) is -0.314. The summed E-state index contributed by atoms with van der Waals surface area (Å²) in [6, 6.07) is 1.63. The zero-order valence-corrected chi connectivity index (χ0v) is 7.68. The van der Waals surface area contributed by atoms with Gasteiger partial charge in [0.05, 0.1) is 11.6 Å². The summed E-state index contributed by atoms with van der Waals surface area (Å²) >= 11 is 5.94. The quantitative estimate of drug-likeness (QED) is 0.662. The van der Waals surface area contributed by atoms with Crippen molar-refractivity contribution in [3.8, 4) is 0 Å². The first kappa shape index (κ1) is 9.46. The Morgan fingerprint density at radius 3 is 3.00 bits per heavy atom. The normalized spacial score (nSPS) is 12.9. The Hall–Kier alpha value is -0.630. The van der Waals surface area contributed by atoms with Crippen molar-refractivity contribution in [2.75, 3.05) is 0 Å². The van der Waals surface area contributed by atoms with Gasteiger partial charge in [0.15, 0.2) is 0 Å². The van der Waals surface area contributed by atoms with E-state index < -0.39 is 0 Å². The number of rotatable bonds is 3. The van der Waals surface area contributed by atoms with Crippen LogP contribution in [-0.4, -0.2) is 4.98 Å². The third kappa shape index (κ3) is 2.18. The van der Waals surface area contributed by atoms with Gasteiger partial charge in [-0.2, -0.15) is 0 Å². The van der Waals surface area contributed by atoms with Gasteiger partial charge in [0, 0.05) is 11.8 Å². The van der Waals surface area contributed by atoms with Crippen LogP contribution in [0.25, 0.3) is 0 Å². The summed E-state index contributed by atoms with van der Waals surface area (Å²) in [7, 11) is 0. The number of nitrogens with zero attached hydrogens (tertiary/aromatic N) is 1. The van der Waals surface area contributed by atoms with Crippen LogP contribution < -0.4 is 0 Å². The second-order valence-corrected chi connectivity index (χ2v) is 3.18. The van der Waals surface area contributed by atoms with Gasteiger partial charge in [0.2, 0.25) is 0 Å². The second kappa shape index (κ2) is 4.41. The molecule has 12 heavy (non-hydrogen) atoms. The molecule has 1 nitrogen and oxygen atoms in total. The molecule has 0 radical (unpaired) electrons. The smallest absolute Gasteiger partial charge is 0.146 e. The number of hydrogen-bond donors (Lipinski definition) is 0. The van der Waals surface area contributed by atoms with Crippen molar-refractivity contribution in [3.63, 3.8) is 0 Å². The first-order valence-electron chi connectivity index (χ1n) is 3.99. The molecule has 0 aliphatic heterocycles. The molecule has 1 atom stereocenters. The minimum absolute atomic E-state index is 0.224. The third-order valence-electron chi connectivity index (χ3n) is 1.68. The monoisotopic (exact) mass is 187 g/mol. The molecule has 3 heteroatoms. The first-order chi connectivity index (χ1) is 5.75. The molecule has 1 unspecified atom stereocenters. The van der Waals surface area contributed by atoms with E-state index >= 15 is 0 Å². The zero-order chi connectivity index (χ0) is 8.97. The van der Waals surface area contributed by atoms with Crippen LogP contribution in [0.5, 0.6) is 0 Å². The van der Waals surface area contributed by atoms with Crippen LogP contribution in [0.3, 0.4) is 0 Å². The van der Waals surface area contributed by atoms with Gasteiger partial charge in [-0.05, 0) is 12.5 Å². The lowest BCUT2D eigenvalue weighted by molar-refractivity contribution is 0.592. The molecule has 0 aliphatic carbocycles. The molecule has 0 N–H and O–H groups in total. The van der Waals surface area contributed by atoms with E-state index in [9.17, 15) is 4.39 Å². The van der Waals surface area contributed by atoms with Gasteiger partial charge in [-0.25, -0.2) is 4.39 Å². The molecule has 0 spiro atoms. The average Bonchev–Trinajstić information content (AvgIpc) is 2.05. The maximum absolute atomic E-state index is 13.0. The predicted molar refractivity (Wildman–Crippen MR) is 47.7 cm³/mol. The molecule has 1 rings (SSSR count). The molecule has 1 heterocycles. The van der Waals surface area contributed by atoms with Gasteiger partial charge < -0.3 is 0 Å². The van der Waals surface area contributed by atoms with Gasteiger partial charge in [-0.3, -0.25) is 4.98 Å². The summed E-state index contributed by atoms with van der Waals surface area (Å²) in [5.41, 5.74) is 0.550. The highest BCUT2D eigenvalue weighted by molar-refractivity contribution is 6.20. The van der Waals surface area contributed by atoms with Crippen LogP contribution in [0.1, 0.15) is 30.7 Å². The van der Waals surface area contributed by atoms with Crippen LogP contribution in [0.15, 0.2) is 18.5 Å². The molecule has 1 aromatic heterocycles. The lowest BCUT2D eigenvalue weighted by Crippen LogP contribution is -1.94. The summed E-state index contributed by atoms with van der Waals surface area (Å²) in [5, 5.41) is -0.224. The Kier molecular flexibility index (Phi) is 3.48. The Morgan fingerprint density at radius 2 is 2.42 bits per heavy atom. The molecule has 0 bridgehead atoms. The van der Waals surface area contributed by atoms with Crippen LogP contribution in [0.2, 0.25) is 0 Å². The maximum atomic E-state index is 13.0. The van der Waals surface area contributed by atoms with Gasteiger partial charge >= 0.3 is 0 Å². The van der Waals surface area contributed by atoms with E-state index in [0.717, 1.165) is 12.8 Å². The number of alkyl halides is 1. The average molecular weight is 188 g/mol. The van der Waals surface area contributed by atoms with E-state index in [0.29, 0.717) is 5.56 Å². The molecule has 66 valence electrons. The summed E-state index contributed by atoms with van der Waals surface area (Å²) in [6.07, 6.45) is 4.50. The highest BCUT2D eigenvalue weighted by atomic mass is 35.5. The molecular formula is C9H11ClFN. The zero-order valence-electron chi connectivity index (χ0n) is 6.93. The van der Waals surface area contributed by atoms with Crippen LogP contribution in [-0.2, 0) is 0 Å². The van der Waals surface area contributed by atoms with Crippen LogP contribution in [0, 0.1) is 5.82 Å². The van der Waals surface area contributed by atoms with E-state index in [4.69, 9.17) is 11.6 Å². The summed E-state index contributed by atoms with van der Waals surface area (Å²) in [6.45, 7) is 2.02. The van der Waals surface area contributed by atoms with Crippen molar-refractivity contribution in [1.29, 1.82) is 0 Å². The third-order valence-corrected chi connectivity index (χ3v) is 2.14. The lowest BCUT2D eigenvalue weighted by Gasteiger charge is -2.07. The molecule has 0 aromatic carbocycles. The minimum atomic E-state index is -0.314. The van der Waals surface area contributed by atoms with Gasteiger partial charge in [-0.15, -0.1) is 11.6 Å². The number of hydrogen-bond acceptors (Lipinski definition) is 1. The van der Waals surface area contributed by atoms with Gasteiger partial charge in [0.25, 0.3) is 0 Å². The molecule has 0 saturated heterocycles. The van der Waals surface area contributed by atoms with Crippen LogP contribution in [0.4, 0.5) is 4.39 Å². The highest BCUT2D eigenvalue weighted by Gasteiger charge is 2.10. The standard InChI is InChI=1S/C9H11ClFN/c1-2-3-8(10)7-4-5-12-6-9(7)11/h4-6,8H,2-3H2,1H3. The minimum Gasteiger partial charge on any atom is -0.262 e. The molecular weight excluding hydrogens is 177 g/mol. The highest BCUT2D eigenvalue weighted by Crippen LogP contribution is 2.26. The largest absolute Gasteiger partial charge is 0.262 e. The number of halogens is 2. The van der Waals surface area contributed by atoms with Crippen molar-refractivity contribution >= 4 is 11.6 Å². The Bertz CT molecular complexity index is 252. The Balaban J connectivity index is 2.79. The molecule has 0 saturated carbocycles. The molecule has 0 amide bonds. The fraction of sp³-hybridized carbons (Fsp3) is 0.444. The van der Waals surface area contributed by atoms with Gasteiger partial charge in [0.1, 0.15) is 5.82 Å². The number of aromatic nitrogens is 1. The van der Waals surface area contributed by atoms with Crippen molar-refractivity contribution < 1.29 is 4.39 Å². The van der Waals surface area contributed by atoms with E-state index in [2.05, 4.69) is 4.98 Å². The predicted octanol–water partition coefficient (Wildman–Crippen LogP) is 3.30. The fourth-order valence-electron chi connectivity index (χ4n) is 1.05. The van der Waals surface area contributed by atoms with Crippen molar-refractivity contribution in [1.82, 2.24) is 4.98 Å². The second-order valence-electron chi connectivity index (χ2n) is 2.65. The molecule has 0 fully saturated rings. The van der Waals surface area contributed by atoms with Crippen LogP contribution >= 0.6 is 11.6 Å². The Morgan fingerprint density at radius 1 is 1.67 bits per heavy atom. The van der Waals surface area contributed by atoms with Crippen molar-refractivity contribution in [2.24, 2.45) is 0 Å². The summed E-state index contributed by atoms with van der Waals surface area (Å²) < 4.78 is 13.0. The molecule has 0 aliphatic rings. The van der Waals surface area contributed by atoms with Crippen molar-refractivity contribution in [3.05, 3.63) is 29.8 Å².